The van der Waals surface area contributed by atoms with Gasteiger partial charge in [-0.2, -0.15) is 0 Å². The molecule has 4 aromatic rings. The highest BCUT2D eigenvalue weighted by Crippen LogP contribution is 2.68. The van der Waals surface area contributed by atoms with E-state index in [1.54, 1.807) is 48.8 Å². The summed E-state index contributed by atoms with van der Waals surface area (Å²) in [7, 11) is -6.76. The Kier molecular flexibility index (Phi) is 8.12. The molecule has 0 fully saturated rings. The molecule has 3 aromatic carbocycles. The normalized spacial score (nSPS) is 13.1. The Morgan fingerprint density at radius 2 is 1.05 bits per heavy atom. The van der Waals surface area contributed by atoms with E-state index in [0.29, 0.717) is 16.4 Å². The molecule has 6 nitrogen and oxygen atoms in total. The van der Waals surface area contributed by atoms with Crippen LogP contribution in [0.1, 0.15) is 41.5 Å². The predicted molar refractivity (Wildman–Crippen MR) is 157 cm³/mol. The molecule has 0 amide bonds. The number of hydrogen-bond acceptors (Lipinski definition) is 5. The topological polar surface area (TPSA) is 78.3 Å². The Morgan fingerprint density at radius 3 is 1.46 bits per heavy atom. The monoisotopic (exact) mass is 566 g/mol. The zero-order valence-electron chi connectivity index (χ0n) is 23.2. The summed E-state index contributed by atoms with van der Waals surface area (Å²) >= 11 is 0. The molecule has 8 heteroatoms. The molecule has 0 spiro atoms. The zero-order chi connectivity index (χ0) is 28.3. The van der Waals surface area contributed by atoms with Gasteiger partial charge in [-0.05, 0) is 114 Å². The number of ether oxygens (including phenoxy) is 2. The number of nitrogens with zero attached hydrogens (tertiary/aromatic N) is 1. The summed E-state index contributed by atoms with van der Waals surface area (Å²) in [6, 6.07) is 27.0. The van der Waals surface area contributed by atoms with Crippen molar-refractivity contribution in [2.75, 3.05) is 0 Å². The molecule has 206 valence electrons. The fourth-order valence-corrected chi connectivity index (χ4v) is 9.38. The van der Waals surface area contributed by atoms with Crippen molar-refractivity contribution in [3.8, 4) is 11.5 Å². The lowest BCUT2D eigenvalue weighted by molar-refractivity contribution is 0.130. The Labute approximate surface area is 233 Å². The lowest BCUT2D eigenvalue weighted by Gasteiger charge is -2.35. The maximum absolute atomic E-state index is 13.9. The summed E-state index contributed by atoms with van der Waals surface area (Å²) < 4.78 is 44.6. The molecule has 0 aliphatic carbocycles. The molecule has 39 heavy (non-hydrogen) atoms. The van der Waals surface area contributed by atoms with Gasteiger partial charge in [-0.1, -0.05) is 18.2 Å². The smallest absolute Gasteiger partial charge is 0.422 e. The van der Waals surface area contributed by atoms with Crippen molar-refractivity contribution in [1.29, 1.82) is 0 Å². The molecule has 0 atom stereocenters. The van der Waals surface area contributed by atoms with E-state index in [1.807, 2.05) is 96.1 Å². The van der Waals surface area contributed by atoms with Gasteiger partial charge in [-0.15, -0.1) is 8.42 Å². The molecule has 1 heterocycles. The van der Waals surface area contributed by atoms with Crippen LogP contribution in [0.15, 0.2) is 123 Å². The molecule has 0 bridgehead atoms. The van der Waals surface area contributed by atoms with Crippen LogP contribution < -0.4 is 9.47 Å². The van der Waals surface area contributed by atoms with Gasteiger partial charge in [0.2, 0.25) is 0 Å². The van der Waals surface area contributed by atoms with E-state index in [4.69, 9.17) is 13.1 Å². The number of rotatable bonds is 8. The lowest BCUT2D eigenvalue weighted by Crippen LogP contribution is -2.23. The first-order valence-electron chi connectivity index (χ1n) is 12.6. The zero-order valence-corrected chi connectivity index (χ0v) is 24.8. The highest BCUT2D eigenvalue weighted by atomic mass is 32.3. The van der Waals surface area contributed by atoms with Crippen LogP contribution in [0.25, 0.3) is 0 Å². The molecule has 0 unspecified atom stereocenters. The van der Waals surface area contributed by atoms with Gasteiger partial charge in [0.25, 0.3) is 0 Å². The highest BCUT2D eigenvalue weighted by molar-refractivity contribution is 8.32. The SMILES string of the molecule is CC(C)(C)Oc1ccc(S([OH+]S(=O)(=O)c2ccccc2)(c2ccc(OC(C)(C)C)cc2)c2cccnc2)cc1. The minimum atomic E-state index is -4.07. The first-order valence-corrected chi connectivity index (χ1v) is 15.7. The number of hydrogen-bond donors (Lipinski definition) is 0. The average Bonchev–Trinajstić information content (AvgIpc) is 2.88. The Balaban J connectivity index is 1.94. The third-order valence-corrected chi connectivity index (χ3v) is 10.8. The molecular weight excluding hydrogens is 530 g/mol. The van der Waals surface area contributed by atoms with Crippen LogP contribution in [0.3, 0.4) is 0 Å². The van der Waals surface area contributed by atoms with Gasteiger partial charge in [0.05, 0.1) is 25.0 Å². The summed E-state index contributed by atoms with van der Waals surface area (Å²) in [5.41, 5.74) is -0.753. The third kappa shape index (κ3) is 7.01. The fraction of sp³-hybridized carbons (Fsp3) is 0.258. The summed E-state index contributed by atoms with van der Waals surface area (Å²) in [6.07, 6.45) is 3.36. The van der Waals surface area contributed by atoms with Crippen LogP contribution in [0.2, 0.25) is 0 Å². The quantitative estimate of drug-likeness (QED) is 0.159. The standard InChI is InChI=1S/C31H35NO5S2/c1-30(2,3)35-24-14-18-26(19-15-24)38(29-13-10-22-32-23-29,37-39(33,34)28-11-8-7-9-12-28)27-20-16-25(17-21-27)36-31(4,5)6/h7-23H,1-6H3/p+1. The van der Waals surface area contributed by atoms with Crippen LogP contribution in [-0.2, 0) is 10.1 Å². The van der Waals surface area contributed by atoms with Gasteiger partial charge in [-0.3, -0.25) is 8.61 Å². The summed E-state index contributed by atoms with van der Waals surface area (Å²) in [6.45, 7) is 11.9. The van der Waals surface area contributed by atoms with Crippen LogP contribution in [0.4, 0.5) is 0 Å². The van der Waals surface area contributed by atoms with Crippen molar-refractivity contribution in [2.45, 2.75) is 72.3 Å². The maximum Gasteiger partial charge on any atom is 0.422 e. The first kappa shape index (κ1) is 28.7. The first-order chi connectivity index (χ1) is 18.3. The largest absolute Gasteiger partial charge is 0.488 e. The van der Waals surface area contributed by atoms with Crippen molar-refractivity contribution in [1.82, 2.24) is 4.98 Å². The molecule has 0 radical (unpaired) electrons. The van der Waals surface area contributed by atoms with E-state index in [-0.39, 0.29) is 16.1 Å². The molecule has 1 N–H and O–H groups in total. The molecule has 1 aromatic heterocycles. The molecule has 0 saturated heterocycles. The molecule has 0 saturated carbocycles. The molecule has 0 aliphatic heterocycles. The Bertz CT molecular complexity index is 1420. The molecule has 0 aliphatic rings. The average molecular weight is 567 g/mol. The van der Waals surface area contributed by atoms with Crippen molar-refractivity contribution in [3.05, 3.63) is 103 Å². The number of aromatic nitrogens is 1. The maximum atomic E-state index is 13.9. The molecular formula is C31H36NO5S2+. The third-order valence-electron chi connectivity index (χ3n) is 5.40. The van der Waals surface area contributed by atoms with Crippen LogP contribution in [0.5, 0.6) is 11.5 Å². The summed E-state index contributed by atoms with van der Waals surface area (Å²) in [4.78, 5) is 6.65. The number of benzene rings is 3. The second-order valence-electron chi connectivity index (χ2n) is 11.0. The summed E-state index contributed by atoms with van der Waals surface area (Å²) in [5.74, 6) is 1.37. The van der Waals surface area contributed by atoms with Gasteiger partial charge in [0.1, 0.15) is 27.6 Å². The van der Waals surface area contributed by atoms with E-state index in [1.165, 1.54) is 0 Å². The van der Waals surface area contributed by atoms with Crippen LogP contribution in [0, 0.1) is 0 Å². The predicted octanol–water partition coefficient (Wildman–Crippen LogP) is 8.12. The van der Waals surface area contributed by atoms with Crippen LogP contribution >= 0.6 is 10.3 Å². The number of pyridine rings is 1. The highest BCUT2D eigenvalue weighted by Gasteiger charge is 2.44. The Hall–Kier alpha value is -3.33. The van der Waals surface area contributed by atoms with E-state index in [2.05, 4.69) is 4.98 Å². The van der Waals surface area contributed by atoms with Gasteiger partial charge < -0.3 is 9.47 Å². The second-order valence-corrected chi connectivity index (χ2v) is 15.6. The van der Waals surface area contributed by atoms with Crippen LogP contribution in [-0.4, -0.2) is 28.2 Å². The van der Waals surface area contributed by atoms with Crippen molar-refractivity contribution in [2.24, 2.45) is 0 Å². The van der Waals surface area contributed by atoms with E-state index >= 15 is 0 Å². The van der Waals surface area contributed by atoms with Crippen molar-refractivity contribution < 1.29 is 21.5 Å². The van der Waals surface area contributed by atoms with Gasteiger partial charge in [-0.25, -0.2) is 0 Å². The van der Waals surface area contributed by atoms with Crippen molar-refractivity contribution >= 4 is 20.4 Å². The summed E-state index contributed by atoms with van der Waals surface area (Å²) in [5, 5.41) is 0. The van der Waals surface area contributed by atoms with Crippen molar-refractivity contribution in [3.63, 3.8) is 0 Å². The van der Waals surface area contributed by atoms with Gasteiger partial charge in [0.15, 0.2) is 0 Å². The van der Waals surface area contributed by atoms with E-state index in [0.717, 1.165) is 9.79 Å². The van der Waals surface area contributed by atoms with Gasteiger partial charge in [0, 0.05) is 12.4 Å². The lowest BCUT2D eigenvalue weighted by atomic mass is 10.2. The van der Waals surface area contributed by atoms with E-state index < -0.39 is 20.4 Å². The second kappa shape index (κ2) is 11.0. The van der Waals surface area contributed by atoms with E-state index in [9.17, 15) is 8.42 Å². The minimum absolute atomic E-state index is 0.131. The minimum Gasteiger partial charge on any atom is -0.488 e. The fourth-order valence-electron chi connectivity index (χ4n) is 3.96. The molecule has 4 rings (SSSR count). The van der Waals surface area contributed by atoms with Gasteiger partial charge >= 0.3 is 10.1 Å². The Morgan fingerprint density at radius 1 is 0.590 bits per heavy atom.